The van der Waals surface area contributed by atoms with Crippen LogP contribution in [0, 0.1) is 17.3 Å². The quantitative estimate of drug-likeness (QED) is 0.0427. The molecule has 1 saturated heterocycles. The number of thiazole rings is 1. The van der Waals surface area contributed by atoms with Crippen molar-refractivity contribution in [3.05, 3.63) is 57.8 Å². The molecule has 0 spiro atoms. The van der Waals surface area contributed by atoms with Crippen molar-refractivity contribution < 1.29 is 38.9 Å². The van der Waals surface area contributed by atoms with Crippen LogP contribution in [0.15, 0.2) is 35.8 Å². The number of hydrogen-bond donors (Lipinski definition) is 5. The number of carboxylic acid groups (broad SMARTS) is 1. The first-order valence-corrected chi connectivity index (χ1v) is 23.5. The number of carbonyl (C=O) groups excluding carboxylic acids is 4. The number of ether oxygens (including phenoxy) is 1. The van der Waals surface area contributed by atoms with Gasteiger partial charge in [0.05, 0.1) is 36.5 Å². The molecule has 3 heterocycles. The van der Waals surface area contributed by atoms with Crippen LogP contribution in [0.5, 0.6) is 0 Å². The number of aryl methyl sites for hydroxylation is 1. The number of amides is 3. The van der Waals surface area contributed by atoms with Gasteiger partial charge in [0.2, 0.25) is 11.8 Å². The highest BCUT2D eigenvalue weighted by Gasteiger charge is 2.39. The molecule has 1 aliphatic rings. The van der Waals surface area contributed by atoms with Gasteiger partial charge in [-0.3, -0.25) is 28.9 Å². The summed E-state index contributed by atoms with van der Waals surface area (Å²) in [6, 6.07) is 5.00. The zero-order valence-corrected chi connectivity index (χ0v) is 39.7. The van der Waals surface area contributed by atoms with Gasteiger partial charge >= 0.3 is 11.9 Å². The summed E-state index contributed by atoms with van der Waals surface area (Å²) in [4.78, 5) is 76.3. The Balaban J connectivity index is 1.64. The molecule has 4 rings (SSSR count). The van der Waals surface area contributed by atoms with E-state index < -0.39 is 47.5 Å². The number of piperidine rings is 1. The number of aromatic nitrogens is 4. The number of anilines is 1. The fourth-order valence-corrected chi connectivity index (χ4v) is 9.13. The maximum atomic E-state index is 15.1. The van der Waals surface area contributed by atoms with Gasteiger partial charge in [0.1, 0.15) is 16.7 Å². The monoisotopic (exact) mass is 910 g/mol. The second-order valence-corrected chi connectivity index (χ2v) is 19.1. The van der Waals surface area contributed by atoms with Gasteiger partial charge in [-0.25, -0.2) is 9.67 Å². The lowest BCUT2D eigenvalue weighted by Gasteiger charge is -2.40. The third-order valence-electron chi connectivity index (χ3n) is 12.3. The number of aliphatic hydroxyl groups is 1. The van der Waals surface area contributed by atoms with Crippen molar-refractivity contribution in [3.63, 3.8) is 0 Å². The number of benzene rings is 1. The minimum absolute atomic E-state index is 0.0704. The van der Waals surface area contributed by atoms with Crippen LogP contribution in [-0.2, 0) is 43.3 Å². The van der Waals surface area contributed by atoms with Gasteiger partial charge in [0.25, 0.3) is 5.91 Å². The SMILES string of the molecule is CCC(C)C(NC(=O)[C@H]1CCCCN1C)C(=O)N(CCCCc1cnnn1CCO)C(CC(OC(C)=O)c1nc(C(=O)NC(Cc2ccc(N)cc2)CC(C)(C)C(=O)O)cs1)C(C)C. The maximum Gasteiger partial charge on any atom is 0.309 e. The zero-order valence-electron chi connectivity index (χ0n) is 38.9. The molecule has 5 unspecified atom stereocenters. The second kappa shape index (κ2) is 24.4. The van der Waals surface area contributed by atoms with Crippen molar-refractivity contribution in [1.82, 2.24) is 40.4 Å². The van der Waals surface area contributed by atoms with Gasteiger partial charge < -0.3 is 36.2 Å². The Bertz CT molecular complexity index is 1990. The molecule has 6 atom stereocenters. The van der Waals surface area contributed by atoms with Gasteiger partial charge in [0.15, 0.2) is 6.10 Å². The highest BCUT2D eigenvalue weighted by atomic mass is 32.1. The number of esters is 1. The van der Waals surface area contributed by atoms with Crippen molar-refractivity contribution in [2.75, 3.05) is 32.5 Å². The van der Waals surface area contributed by atoms with Crippen molar-refractivity contribution in [1.29, 1.82) is 0 Å². The lowest BCUT2D eigenvalue weighted by atomic mass is 9.84. The molecule has 64 heavy (non-hydrogen) atoms. The highest BCUT2D eigenvalue weighted by Crippen LogP contribution is 2.32. The first kappa shape index (κ1) is 51.7. The van der Waals surface area contributed by atoms with E-state index in [1.165, 1.54) is 6.92 Å². The third-order valence-corrected chi connectivity index (χ3v) is 13.3. The number of carbonyl (C=O) groups is 5. The van der Waals surface area contributed by atoms with E-state index in [0.717, 1.165) is 42.0 Å². The van der Waals surface area contributed by atoms with E-state index in [2.05, 4.69) is 25.9 Å². The molecule has 1 fully saturated rings. The highest BCUT2D eigenvalue weighted by molar-refractivity contribution is 7.09. The number of hydrogen-bond acceptors (Lipinski definition) is 13. The molecule has 0 radical (unpaired) electrons. The fourth-order valence-electron chi connectivity index (χ4n) is 8.29. The molecule has 18 heteroatoms. The summed E-state index contributed by atoms with van der Waals surface area (Å²) in [6.45, 7) is 13.9. The van der Waals surface area contributed by atoms with E-state index in [1.54, 1.807) is 42.2 Å². The Morgan fingerprint density at radius 1 is 1.08 bits per heavy atom. The Morgan fingerprint density at radius 2 is 1.80 bits per heavy atom. The lowest BCUT2D eigenvalue weighted by molar-refractivity contribution is -0.150. The zero-order chi connectivity index (χ0) is 47.1. The van der Waals surface area contributed by atoms with E-state index in [9.17, 15) is 29.4 Å². The topological polar surface area (TPSA) is 235 Å². The molecule has 6 N–H and O–H groups in total. The van der Waals surface area contributed by atoms with Gasteiger partial charge in [-0.15, -0.1) is 16.4 Å². The maximum absolute atomic E-state index is 15.1. The predicted octanol–water partition coefficient (Wildman–Crippen LogP) is 5.04. The van der Waals surface area contributed by atoms with Crippen LogP contribution in [-0.4, -0.2) is 121 Å². The summed E-state index contributed by atoms with van der Waals surface area (Å²) in [5.74, 6) is -2.76. The van der Waals surface area contributed by atoms with Crippen LogP contribution in [0.2, 0.25) is 0 Å². The summed E-state index contributed by atoms with van der Waals surface area (Å²) < 4.78 is 7.62. The van der Waals surface area contributed by atoms with Crippen molar-refractivity contribution >= 4 is 46.7 Å². The molecule has 1 aliphatic heterocycles. The van der Waals surface area contributed by atoms with Gasteiger partial charge in [-0.05, 0) is 102 Å². The van der Waals surface area contributed by atoms with Crippen molar-refractivity contribution in [2.24, 2.45) is 17.3 Å². The molecule has 3 aromatic rings. The number of rotatable bonds is 25. The number of nitrogens with zero attached hydrogens (tertiary/aromatic N) is 6. The first-order valence-electron chi connectivity index (χ1n) is 22.7. The number of aliphatic hydroxyl groups excluding tert-OH is 1. The molecular formula is C46H71N9O8S. The Hall–Kier alpha value is -4.94. The average molecular weight is 910 g/mol. The van der Waals surface area contributed by atoms with Gasteiger partial charge in [-0.1, -0.05) is 57.9 Å². The van der Waals surface area contributed by atoms with E-state index in [4.69, 9.17) is 10.5 Å². The van der Waals surface area contributed by atoms with Crippen LogP contribution < -0.4 is 16.4 Å². The number of nitrogens with one attached hydrogen (secondary N) is 2. The number of carboxylic acids is 1. The minimum atomic E-state index is -1.14. The number of likely N-dealkylation sites (tertiary alicyclic amines) is 1. The van der Waals surface area contributed by atoms with E-state index >= 15 is 4.79 Å². The predicted molar refractivity (Wildman–Crippen MR) is 245 cm³/mol. The molecule has 17 nitrogen and oxygen atoms in total. The summed E-state index contributed by atoms with van der Waals surface area (Å²) in [5, 5.41) is 35.6. The average Bonchev–Trinajstić information content (AvgIpc) is 3.92. The fraction of sp³-hybridized carbons (Fsp3) is 0.652. The molecule has 2 aromatic heterocycles. The van der Waals surface area contributed by atoms with E-state index in [-0.39, 0.29) is 54.8 Å². The van der Waals surface area contributed by atoms with E-state index in [0.29, 0.717) is 62.3 Å². The summed E-state index contributed by atoms with van der Waals surface area (Å²) >= 11 is 1.16. The number of nitrogen functional groups attached to an aromatic ring is 1. The molecule has 354 valence electrons. The van der Waals surface area contributed by atoms with Crippen LogP contribution >= 0.6 is 11.3 Å². The molecule has 0 saturated carbocycles. The number of likely N-dealkylation sites (N-methyl/N-ethyl adjacent to an activating group) is 1. The normalized spacial score (nSPS) is 16.9. The molecular weight excluding hydrogens is 839 g/mol. The first-order chi connectivity index (χ1) is 30.3. The third kappa shape index (κ3) is 14.8. The largest absolute Gasteiger partial charge is 0.481 e. The standard InChI is InChI=1S/C46H71N9O8S/c1-9-30(4)40(51-42(59)37-15-11-12-20-53(37)8)44(60)54(21-13-10-14-35-27-48-52-55(35)22-23-56)38(29(2)3)25-39(63-31(5)57)43-50-36(28-64-43)41(58)49-34(26-46(6,7)45(61)62)24-32-16-18-33(47)19-17-32/h16-19,27-30,34,37-40,56H,9-15,20-26,47H2,1-8H3,(H,49,58)(H,51,59)(H,61,62)/t30?,34?,37-,38?,39?,40?/m1/s1. The molecule has 3 amide bonds. The van der Waals surface area contributed by atoms with Crippen LogP contribution in [0.25, 0.3) is 0 Å². The van der Waals surface area contributed by atoms with Crippen molar-refractivity contribution in [2.45, 2.75) is 149 Å². The van der Waals surface area contributed by atoms with Crippen molar-refractivity contribution in [3.8, 4) is 0 Å². The Kier molecular flexibility index (Phi) is 19.7. The summed E-state index contributed by atoms with van der Waals surface area (Å²) in [6.07, 6.45) is 6.63. The van der Waals surface area contributed by atoms with Gasteiger partial charge in [-0.2, -0.15) is 0 Å². The van der Waals surface area contributed by atoms with Crippen LogP contribution in [0.3, 0.4) is 0 Å². The Morgan fingerprint density at radius 3 is 2.42 bits per heavy atom. The van der Waals surface area contributed by atoms with E-state index in [1.807, 2.05) is 56.7 Å². The summed E-state index contributed by atoms with van der Waals surface area (Å²) in [5.41, 5.74) is 7.16. The second-order valence-electron chi connectivity index (χ2n) is 18.3. The number of aliphatic carboxylic acids is 1. The molecule has 1 aromatic carbocycles. The Labute approximate surface area is 381 Å². The minimum Gasteiger partial charge on any atom is -0.481 e. The van der Waals surface area contributed by atoms with Crippen LogP contribution in [0.1, 0.15) is 133 Å². The summed E-state index contributed by atoms with van der Waals surface area (Å²) in [7, 11) is 1.94. The molecule has 0 aliphatic carbocycles. The number of unbranched alkanes of at least 4 members (excludes halogenated alkanes) is 1. The van der Waals surface area contributed by atoms with Crippen LogP contribution in [0.4, 0.5) is 5.69 Å². The lowest BCUT2D eigenvalue weighted by Crippen LogP contribution is -2.59. The molecule has 0 bridgehead atoms. The van der Waals surface area contributed by atoms with Gasteiger partial charge in [0, 0.05) is 43.0 Å². The number of nitrogens with two attached hydrogens (primary N) is 1. The smallest absolute Gasteiger partial charge is 0.309 e.